The number of anilines is 1. The van der Waals surface area contributed by atoms with Gasteiger partial charge in [0.05, 0.1) is 69.9 Å². The molecule has 7 rings (SSSR count). The number of pyridine rings is 1. The summed E-state index contributed by atoms with van der Waals surface area (Å²) in [5, 5.41) is 29.8. The van der Waals surface area contributed by atoms with Crippen LogP contribution in [0.2, 0.25) is 0 Å². The molecule has 1 unspecified atom stereocenters. The van der Waals surface area contributed by atoms with Crippen LogP contribution in [0.3, 0.4) is 0 Å². The van der Waals surface area contributed by atoms with E-state index in [1.54, 1.807) is 16.6 Å². The van der Waals surface area contributed by atoms with Crippen molar-refractivity contribution in [1.29, 1.82) is 5.26 Å². The predicted molar refractivity (Wildman–Crippen MR) is 150 cm³/mol. The van der Waals surface area contributed by atoms with Gasteiger partial charge < -0.3 is 24.9 Å². The lowest BCUT2D eigenvalue weighted by atomic mass is 9.69. The van der Waals surface area contributed by atoms with E-state index in [2.05, 4.69) is 31.8 Å². The summed E-state index contributed by atoms with van der Waals surface area (Å²) in [6, 6.07) is 9.30. The molecule has 1 atom stereocenters. The van der Waals surface area contributed by atoms with Crippen LogP contribution in [0.5, 0.6) is 0 Å². The van der Waals surface area contributed by atoms with Crippen molar-refractivity contribution >= 4 is 17.1 Å². The van der Waals surface area contributed by atoms with Crippen LogP contribution in [0.15, 0.2) is 47.5 Å². The van der Waals surface area contributed by atoms with Crippen molar-refractivity contribution in [3.8, 4) is 17.5 Å². The molecule has 3 fully saturated rings. The molecular weight excluding hydrogens is 541 g/mol. The van der Waals surface area contributed by atoms with Crippen molar-refractivity contribution < 1.29 is 23.4 Å². The van der Waals surface area contributed by atoms with Gasteiger partial charge in [0.25, 0.3) is 5.91 Å². The fourth-order valence-electron chi connectivity index (χ4n) is 5.84. The van der Waals surface area contributed by atoms with Gasteiger partial charge in [-0.2, -0.15) is 10.4 Å². The van der Waals surface area contributed by atoms with Gasteiger partial charge in [-0.05, 0) is 70.7 Å². The van der Waals surface area contributed by atoms with Crippen LogP contribution in [0.4, 0.5) is 10.1 Å². The number of nitriles is 1. The smallest absolute Gasteiger partial charge is 0.255 e. The Bertz CT molecular complexity index is 1680. The number of carbonyl (C=O) groups is 1. The van der Waals surface area contributed by atoms with Crippen LogP contribution in [-0.2, 0) is 10.3 Å². The number of nitrogens with zero attached hydrogens (tertiary/aromatic N) is 5. The number of hydrogen-bond acceptors (Lipinski definition) is 9. The number of rotatable bonds is 8. The molecular formula is C30H32FN7O4. The van der Waals surface area contributed by atoms with Crippen LogP contribution in [-0.4, -0.2) is 61.1 Å². The number of aromatic nitrogens is 4. The highest BCUT2D eigenvalue weighted by Gasteiger charge is 2.53. The molecule has 0 spiro atoms. The number of aliphatic hydroxyl groups is 1. The van der Waals surface area contributed by atoms with Crippen molar-refractivity contribution in [3.63, 3.8) is 0 Å². The average Bonchev–Trinajstić information content (AvgIpc) is 3.62. The molecule has 0 aromatic carbocycles. The number of amides is 1. The van der Waals surface area contributed by atoms with Gasteiger partial charge in [0.1, 0.15) is 17.8 Å². The maximum atomic E-state index is 14.5. The third kappa shape index (κ3) is 4.88. The van der Waals surface area contributed by atoms with Gasteiger partial charge in [-0.1, -0.05) is 0 Å². The fraction of sp³-hybridized carbons (Fsp3) is 0.433. The summed E-state index contributed by atoms with van der Waals surface area (Å²) < 4.78 is 28.3. The number of oxazole rings is 1. The molecule has 1 amide bonds. The first kappa shape index (κ1) is 27.8. The molecule has 6 heterocycles. The third-order valence-electron chi connectivity index (χ3n) is 8.45. The second-order valence-corrected chi connectivity index (χ2v) is 11.8. The van der Waals surface area contributed by atoms with Crippen molar-refractivity contribution in [3.05, 3.63) is 65.6 Å². The molecule has 4 aromatic heterocycles. The molecule has 11 nitrogen and oxygen atoms in total. The highest BCUT2D eigenvalue weighted by molar-refractivity contribution is 6.00. The molecule has 4 aromatic rings. The predicted octanol–water partition coefficient (Wildman–Crippen LogP) is 4.05. The van der Waals surface area contributed by atoms with E-state index in [-0.39, 0.29) is 12.1 Å². The van der Waals surface area contributed by atoms with E-state index >= 15 is 0 Å². The maximum Gasteiger partial charge on any atom is 0.255 e. The zero-order valence-corrected chi connectivity index (χ0v) is 23.6. The standard InChI is InChI=1S/C30H32FN7O4/c1-18-26(41-17-35-18)30-8-6-29(7-9-30,16-42-30)37-22-11-23(24-5-4-20-10-19(12-32)13-36-38(20)24)33-14-21(22)27(39)34-15-25(31)28(2,3)40/h4-5,10-11,13-14,17,25,40H,6-9,15-16H2,1-3H3,(H,33,37)(H,34,39). The van der Waals surface area contributed by atoms with E-state index in [1.807, 2.05) is 19.1 Å². The zero-order valence-electron chi connectivity index (χ0n) is 23.6. The number of nitrogens with one attached hydrogen (secondary N) is 2. The van der Waals surface area contributed by atoms with Crippen molar-refractivity contribution in [2.45, 2.75) is 69.4 Å². The fourth-order valence-corrected chi connectivity index (χ4v) is 5.84. The lowest BCUT2D eigenvalue weighted by Crippen LogP contribution is -2.57. The SMILES string of the molecule is Cc1ncoc1C12CCC(Nc3cc(-c4ccc5cc(C#N)cnn45)ncc3C(=O)NCC(F)C(C)(C)O)(CC1)CO2. The monoisotopic (exact) mass is 573 g/mol. The Labute approximate surface area is 241 Å². The summed E-state index contributed by atoms with van der Waals surface area (Å²) in [6.45, 7) is 4.66. The Hall–Kier alpha value is -4.34. The Kier molecular flexibility index (Phi) is 6.74. The van der Waals surface area contributed by atoms with Crippen LogP contribution >= 0.6 is 0 Å². The van der Waals surface area contributed by atoms with Gasteiger partial charge in [0.2, 0.25) is 0 Å². The van der Waals surface area contributed by atoms with Crippen molar-refractivity contribution in [2.75, 3.05) is 18.5 Å². The summed E-state index contributed by atoms with van der Waals surface area (Å²) in [4.78, 5) is 22.1. The van der Waals surface area contributed by atoms with Gasteiger partial charge in [-0.15, -0.1) is 0 Å². The molecule has 12 heteroatoms. The highest BCUT2D eigenvalue weighted by atomic mass is 19.1. The summed E-state index contributed by atoms with van der Waals surface area (Å²) in [6.07, 6.45) is 5.71. The van der Waals surface area contributed by atoms with E-state index in [1.165, 1.54) is 32.6 Å². The molecule has 218 valence electrons. The van der Waals surface area contributed by atoms with Crippen LogP contribution < -0.4 is 10.6 Å². The molecule has 2 bridgehead atoms. The van der Waals surface area contributed by atoms with E-state index in [9.17, 15) is 19.6 Å². The lowest BCUT2D eigenvalue weighted by molar-refractivity contribution is -0.163. The first-order chi connectivity index (χ1) is 20.0. The second-order valence-electron chi connectivity index (χ2n) is 11.8. The maximum absolute atomic E-state index is 14.5. The van der Waals surface area contributed by atoms with Gasteiger partial charge in [0.15, 0.2) is 12.2 Å². The van der Waals surface area contributed by atoms with Crippen LogP contribution in [0.1, 0.15) is 66.9 Å². The number of carbonyl (C=O) groups excluding carboxylic acids is 1. The number of ether oxygens (including phenoxy) is 1. The first-order valence-electron chi connectivity index (χ1n) is 13.9. The summed E-state index contributed by atoms with van der Waals surface area (Å²) in [5.74, 6) is 0.248. The van der Waals surface area contributed by atoms with Gasteiger partial charge in [0, 0.05) is 6.20 Å². The van der Waals surface area contributed by atoms with E-state index in [4.69, 9.17) is 9.15 Å². The molecule has 2 saturated heterocycles. The molecule has 3 N–H and O–H groups in total. The second kappa shape index (κ2) is 10.2. The van der Waals surface area contributed by atoms with Gasteiger partial charge >= 0.3 is 0 Å². The molecule has 1 saturated carbocycles. The highest BCUT2D eigenvalue weighted by Crippen LogP contribution is 2.51. The molecule has 3 aliphatic rings. The zero-order chi connectivity index (χ0) is 29.7. The van der Waals surface area contributed by atoms with E-state index in [0.29, 0.717) is 29.2 Å². The molecule has 0 radical (unpaired) electrons. The van der Waals surface area contributed by atoms with Crippen LogP contribution in [0, 0.1) is 18.3 Å². The third-order valence-corrected chi connectivity index (χ3v) is 8.45. The van der Waals surface area contributed by atoms with Crippen molar-refractivity contribution in [2.24, 2.45) is 0 Å². The normalized spacial score (nSPS) is 22.6. The Balaban J connectivity index is 1.32. The number of halogens is 1. The van der Waals surface area contributed by atoms with Crippen molar-refractivity contribution in [1.82, 2.24) is 24.9 Å². The Morgan fingerprint density at radius 1 is 1.24 bits per heavy atom. The van der Waals surface area contributed by atoms with E-state index < -0.39 is 28.8 Å². The van der Waals surface area contributed by atoms with Crippen LogP contribution in [0.25, 0.3) is 16.9 Å². The number of aryl methyl sites for hydroxylation is 1. The summed E-state index contributed by atoms with van der Waals surface area (Å²) in [5.41, 5.74) is 1.43. The van der Waals surface area contributed by atoms with Gasteiger partial charge in [-0.25, -0.2) is 13.9 Å². The molecule has 1 aliphatic carbocycles. The first-order valence-corrected chi connectivity index (χ1v) is 13.9. The summed E-state index contributed by atoms with van der Waals surface area (Å²) in [7, 11) is 0. The number of fused-ring (bicyclic) bond motifs is 4. The minimum Gasteiger partial charge on any atom is -0.445 e. The Morgan fingerprint density at radius 3 is 2.67 bits per heavy atom. The largest absolute Gasteiger partial charge is 0.445 e. The van der Waals surface area contributed by atoms with E-state index in [0.717, 1.165) is 42.7 Å². The average molecular weight is 574 g/mol. The minimum atomic E-state index is -1.65. The lowest BCUT2D eigenvalue weighted by Gasteiger charge is -2.52. The topological polar surface area (TPSA) is 151 Å². The quantitative estimate of drug-likeness (QED) is 0.284. The Morgan fingerprint density at radius 2 is 2.02 bits per heavy atom. The number of alkyl halides is 1. The summed E-state index contributed by atoms with van der Waals surface area (Å²) >= 11 is 0. The molecule has 2 aliphatic heterocycles. The minimum absolute atomic E-state index is 0.241. The van der Waals surface area contributed by atoms with Gasteiger partial charge in [-0.3, -0.25) is 9.78 Å². The number of hydrogen-bond donors (Lipinski definition) is 3. The molecule has 42 heavy (non-hydrogen) atoms.